The molecule has 10 aromatic rings. The van der Waals surface area contributed by atoms with Crippen molar-refractivity contribution in [3.63, 3.8) is 0 Å². The Hall–Kier alpha value is -6.98. The molecule has 0 spiro atoms. The van der Waals surface area contributed by atoms with Crippen molar-refractivity contribution in [3.8, 4) is 55.9 Å². The van der Waals surface area contributed by atoms with E-state index < -0.39 is 0 Å². The van der Waals surface area contributed by atoms with Crippen LogP contribution in [0.2, 0.25) is 0 Å². The molecule has 0 unspecified atom stereocenters. The first-order valence-electron chi connectivity index (χ1n) is 27.9. The highest BCUT2D eigenvalue weighted by atomic mass is 32.1. The van der Waals surface area contributed by atoms with Crippen molar-refractivity contribution in [2.45, 2.75) is 152 Å². The third kappa shape index (κ3) is 6.42. The molecule has 11 heteroatoms. The molecule has 7 aromatic heterocycles. The number of benzene rings is 3. The van der Waals surface area contributed by atoms with Crippen LogP contribution >= 0.6 is 11.3 Å². The third-order valence-corrected chi connectivity index (χ3v) is 20.8. The summed E-state index contributed by atoms with van der Waals surface area (Å²) in [5.74, 6) is 7.25. The van der Waals surface area contributed by atoms with Gasteiger partial charge in [0.15, 0.2) is 34.3 Å². The third-order valence-electron chi connectivity index (χ3n) is 19.9. The Kier molecular flexibility index (Phi) is 11.0. The van der Waals surface area contributed by atoms with Crippen molar-refractivity contribution in [2.75, 3.05) is 0 Å². The van der Waals surface area contributed by atoms with Crippen molar-refractivity contribution in [3.05, 3.63) is 164 Å². The average Bonchev–Trinajstić information content (AvgIpc) is 4.33. The van der Waals surface area contributed by atoms with Gasteiger partial charge >= 0.3 is 0 Å². The summed E-state index contributed by atoms with van der Waals surface area (Å²) >= 11 is 1.86. The Bertz CT molecular complexity index is 4110. The number of furan rings is 2. The summed E-state index contributed by atoms with van der Waals surface area (Å²) in [5, 5.41) is 3.44. The van der Waals surface area contributed by atoms with Gasteiger partial charge < -0.3 is 8.83 Å². The maximum Gasteiger partial charge on any atom is 0.254 e. The molecule has 0 atom stereocenters. The molecule has 0 radical (unpaired) electrons. The zero-order valence-electron chi connectivity index (χ0n) is 50.4. The largest absolute Gasteiger partial charge is 0.460 e. The molecule has 11 heterocycles. The second-order valence-electron chi connectivity index (χ2n) is 25.5. The smallest absolute Gasteiger partial charge is 0.254 e. The molecule has 3 aromatic carbocycles. The summed E-state index contributed by atoms with van der Waals surface area (Å²) in [4.78, 5) is 1.45. The van der Waals surface area contributed by atoms with Gasteiger partial charge in [0.05, 0.1) is 44.9 Å². The lowest BCUT2D eigenvalue weighted by atomic mass is 9.80. The van der Waals surface area contributed by atoms with Gasteiger partial charge in [0.25, 0.3) is 23.3 Å². The van der Waals surface area contributed by atoms with E-state index >= 15 is 0 Å². The molecule has 15 rings (SSSR count). The molecule has 0 amide bonds. The van der Waals surface area contributed by atoms with Gasteiger partial charge in [0, 0.05) is 88.4 Å². The van der Waals surface area contributed by atoms with E-state index in [0.29, 0.717) is 0 Å². The summed E-state index contributed by atoms with van der Waals surface area (Å²) < 4.78 is 30.7. The number of nitrogens with zero attached hydrogens (tertiary/aromatic N) is 8. The first kappa shape index (κ1) is 51.8. The topological polar surface area (TPSA) is 61.5 Å². The van der Waals surface area contributed by atoms with E-state index in [4.69, 9.17) is 8.83 Å². The second kappa shape index (κ2) is 16.5. The predicted molar refractivity (Wildman–Crippen MR) is 313 cm³/mol. The Morgan fingerprint density at radius 3 is 1.53 bits per heavy atom. The van der Waals surface area contributed by atoms with Gasteiger partial charge in [-0.2, -0.15) is 0 Å². The number of imidazole rings is 4. The number of fused-ring (bicyclic) bond motifs is 17. The van der Waals surface area contributed by atoms with Crippen LogP contribution < -0.4 is 18.3 Å². The minimum Gasteiger partial charge on any atom is -0.460 e. The minimum absolute atomic E-state index is 0.00618. The maximum absolute atomic E-state index is 6.19. The molecule has 0 saturated heterocycles. The zero-order valence-corrected chi connectivity index (χ0v) is 51.2. The van der Waals surface area contributed by atoms with Gasteiger partial charge in [-0.15, -0.1) is 11.3 Å². The molecule has 78 heavy (non-hydrogen) atoms. The quantitative estimate of drug-likeness (QED) is 0.142. The minimum atomic E-state index is -0.0760. The molecule has 0 saturated carbocycles. The van der Waals surface area contributed by atoms with Crippen LogP contribution in [0.3, 0.4) is 0 Å². The van der Waals surface area contributed by atoms with Gasteiger partial charge in [-0.1, -0.05) is 56.3 Å². The lowest BCUT2D eigenvalue weighted by Crippen LogP contribution is -2.52. The summed E-state index contributed by atoms with van der Waals surface area (Å²) in [6, 6.07) is 26.6. The monoisotopic (exact) mass is 1060 g/mol. The molecule has 5 aliphatic rings. The Labute approximate surface area is 465 Å². The van der Waals surface area contributed by atoms with Crippen molar-refractivity contribution < 1.29 is 27.1 Å². The lowest BCUT2D eigenvalue weighted by molar-refractivity contribution is -0.737. The molecule has 0 N–H and O–H groups in total. The van der Waals surface area contributed by atoms with Crippen LogP contribution in [0, 0.1) is 55.4 Å². The lowest BCUT2D eigenvalue weighted by Gasteiger charge is -2.23. The van der Waals surface area contributed by atoms with E-state index in [1.54, 1.807) is 6.26 Å². The molecule has 0 fully saturated rings. The van der Waals surface area contributed by atoms with Gasteiger partial charge in [-0.3, -0.25) is 0 Å². The SMILES string of the molecule is Cc1c2[n+](c(C)n1C)C(C)(C)c1c-2oc2ccccc12.Cc1c2[n+](c(C)n1C)C(C)(C)c1cc3c(cc1-2)C(C)(C)c1ccccc1-3.Cc1c2[n+](c(C)n1C)C(C)(C)c1ccoc1-2.Cc1c2[n+](c(C)n1C)C(C)(C)c1ccsc1-2. The Morgan fingerprint density at radius 1 is 0.423 bits per heavy atom. The summed E-state index contributed by atoms with van der Waals surface area (Å²) in [7, 11) is 8.56. The number of aromatic nitrogens is 8. The highest BCUT2D eigenvalue weighted by molar-refractivity contribution is 7.13. The Balaban J connectivity index is 0.000000106. The number of hydrogen-bond acceptors (Lipinski definition) is 3. The van der Waals surface area contributed by atoms with Gasteiger partial charge in [0.1, 0.15) is 39.1 Å². The van der Waals surface area contributed by atoms with Crippen LogP contribution in [0.25, 0.3) is 66.8 Å². The standard InChI is InChI=1S/C24H27N2.C17H19N2O.C13H17N2O.C13H17N2S/c1-14-22-18-13-20-17(16-10-8-9-11-19(16)23(20,3)4)12-21(18)24(5,6)26(22)15(2)25(14)7;1-10-15-16-14(12-8-6-7-9-13(12)20-16)17(3,4)19(15)11(2)18(10)5;2*1-8-11-12-10(6-7-16-12)13(3,4)15(11)9(2)14(8)5/h8-13H,1-7H3;6-9H,1-5H3;2*6-7H,1-5H3/q4*+1. The van der Waals surface area contributed by atoms with E-state index in [1.807, 2.05) is 17.4 Å². The van der Waals surface area contributed by atoms with Crippen LogP contribution in [-0.2, 0) is 55.8 Å². The molecular formula is C67H80N8O2S+4. The molecular weight excluding hydrogens is 981 g/mol. The number of rotatable bonds is 0. The van der Waals surface area contributed by atoms with Crippen LogP contribution in [-0.4, -0.2) is 18.3 Å². The normalized spacial score (nSPS) is 16.6. The first-order valence-corrected chi connectivity index (χ1v) is 28.7. The number of thiophene rings is 1. The van der Waals surface area contributed by atoms with Gasteiger partial charge in [-0.05, 0) is 113 Å². The fraction of sp³-hybridized carbons (Fsp3) is 0.403. The number of hydrogen-bond donors (Lipinski definition) is 0. The van der Waals surface area contributed by atoms with Crippen molar-refractivity contribution in [2.24, 2.45) is 28.2 Å². The molecule has 0 bridgehead atoms. The fourth-order valence-electron chi connectivity index (χ4n) is 15.0. The summed E-state index contributed by atoms with van der Waals surface area (Å²) in [6.45, 7) is 40.6. The van der Waals surface area contributed by atoms with Gasteiger partial charge in [-0.25, -0.2) is 36.5 Å². The van der Waals surface area contributed by atoms with Crippen LogP contribution in [0.5, 0.6) is 0 Å². The highest BCUT2D eigenvalue weighted by Gasteiger charge is 2.52. The second-order valence-corrected chi connectivity index (χ2v) is 26.4. The first-order chi connectivity index (χ1) is 36.5. The van der Waals surface area contributed by atoms with E-state index in [1.165, 1.54) is 129 Å². The zero-order chi connectivity index (χ0) is 56.2. The maximum atomic E-state index is 6.19. The van der Waals surface area contributed by atoms with Crippen molar-refractivity contribution >= 4 is 22.3 Å². The van der Waals surface area contributed by atoms with E-state index in [2.05, 4.69) is 261 Å². The van der Waals surface area contributed by atoms with Crippen LogP contribution in [0.15, 0.2) is 93.3 Å². The summed E-state index contributed by atoms with van der Waals surface area (Å²) in [5.41, 5.74) is 24.2. The predicted octanol–water partition coefficient (Wildman–Crippen LogP) is 13.5. The van der Waals surface area contributed by atoms with Crippen molar-refractivity contribution in [1.82, 2.24) is 18.3 Å². The van der Waals surface area contributed by atoms with Crippen molar-refractivity contribution in [1.29, 1.82) is 0 Å². The Morgan fingerprint density at radius 2 is 0.897 bits per heavy atom. The summed E-state index contributed by atoms with van der Waals surface area (Å²) in [6.07, 6.45) is 1.79. The van der Waals surface area contributed by atoms with Crippen LogP contribution in [0.1, 0.15) is 149 Å². The molecule has 10 nitrogen and oxygen atoms in total. The molecule has 1 aliphatic carbocycles. The fourth-order valence-corrected chi connectivity index (χ4v) is 16.2. The highest BCUT2D eigenvalue weighted by Crippen LogP contribution is 2.53. The molecule has 402 valence electrons. The van der Waals surface area contributed by atoms with E-state index in [0.717, 1.165) is 17.1 Å². The molecule has 4 aliphatic heterocycles. The van der Waals surface area contributed by atoms with E-state index in [-0.39, 0.29) is 27.6 Å². The average molecular weight is 1060 g/mol. The van der Waals surface area contributed by atoms with E-state index in [9.17, 15) is 0 Å². The van der Waals surface area contributed by atoms with Gasteiger partial charge in [0.2, 0.25) is 11.4 Å². The van der Waals surface area contributed by atoms with Crippen LogP contribution in [0.4, 0.5) is 0 Å². The number of para-hydroxylation sites is 1.